The zero-order chi connectivity index (χ0) is 6.69. The Labute approximate surface area is 64.4 Å². The highest BCUT2D eigenvalue weighted by Crippen LogP contribution is 2.13. The summed E-state index contributed by atoms with van der Waals surface area (Å²) < 4.78 is 6.34. The summed E-state index contributed by atoms with van der Waals surface area (Å²) in [4.78, 5) is 0. The predicted octanol–water partition coefficient (Wildman–Crippen LogP) is 0.506. The lowest BCUT2D eigenvalue weighted by Gasteiger charge is -2.18. The molecule has 0 aromatic carbocycles. The molecular weight excluding hydrogens is 168 g/mol. The third-order valence-electron chi connectivity index (χ3n) is 1.60. The third-order valence-corrected chi connectivity index (χ3v) is 10.8. The second kappa shape index (κ2) is 3.56. The van der Waals surface area contributed by atoms with Crippen LogP contribution in [0, 0.1) is 0 Å². The van der Waals surface area contributed by atoms with Crippen molar-refractivity contribution in [1.82, 2.24) is 0 Å². The molecule has 0 N–H and O–H groups in total. The molecule has 9 heavy (non-hydrogen) atoms. The highest BCUT2D eigenvalue weighted by molar-refractivity contribution is 7.17. The number of hydrogen-bond acceptors (Lipinski definition) is 1. The smallest absolute Gasteiger partial charge is 0.153 e. The Morgan fingerprint density at radius 1 is 1.78 bits per heavy atom. The van der Waals surface area contributed by atoms with Crippen molar-refractivity contribution in [3.8, 4) is 0 Å². The second-order valence-electron chi connectivity index (χ2n) is 2.36. The minimum atomic E-state index is -0.712. The van der Waals surface area contributed by atoms with Gasteiger partial charge < -0.3 is 4.43 Å². The van der Waals surface area contributed by atoms with Gasteiger partial charge in [0.05, 0.1) is 0 Å². The van der Waals surface area contributed by atoms with E-state index in [4.69, 9.17) is 16.0 Å². The van der Waals surface area contributed by atoms with E-state index in [-0.39, 0.29) is 9.28 Å². The summed E-state index contributed by atoms with van der Waals surface area (Å²) in [7, 11) is -0.929. The summed E-state index contributed by atoms with van der Waals surface area (Å²) in [6.45, 7) is 4.75. The molecule has 1 aliphatic heterocycles. The molecule has 0 saturated carbocycles. The maximum Gasteiger partial charge on any atom is 0.153 e. The molecule has 0 amide bonds. The van der Waals surface area contributed by atoms with E-state index in [1.165, 1.54) is 12.5 Å². The molecule has 0 aliphatic carbocycles. The molecule has 0 aromatic heterocycles. The summed E-state index contributed by atoms with van der Waals surface area (Å²) in [6, 6.07) is 1.34. The largest absolute Gasteiger partial charge is 0.427 e. The van der Waals surface area contributed by atoms with Crippen molar-refractivity contribution in [2.45, 2.75) is 12.5 Å². The molecule has 0 spiro atoms. The number of rotatable bonds is 1. The molecule has 0 radical (unpaired) electrons. The van der Waals surface area contributed by atoms with Gasteiger partial charge in [0.2, 0.25) is 0 Å². The van der Waals surface area contributed by atoms with Crippen LogP contribution in [-0.2, 0) is 4.43 Å². The zero-order valence-electron chi connectivity index (χ0n) is 5.40. The van der Waals surface area contributed by atoms with Crippen molar-refractivity contribution in [2.75, 3.05) is 6.61 Å². The Bertz CT molecular complexity index is 112. The first-order valence-electron chi connectivity index (χ1n) is 3.23. The van der Waals surface area contributed by atoms with Crippen molar-refractivity contribution in [3.63, 3.8) is 0 Å². The minimum Gasteiger partial charge on any atom is -0.427 e. The molecule has 0 aromatic rings. The fourth-order valence-corrected chi connectivity index (χ4v) is 7.12. The third kappa shape index (κ3) is 2.25. The SMILES string of the molecule is C=C(Cl)[SiH]1CCCO[SiH2]1. The lowest BCUT2D eigenvalue weighted by atomic mass is 10.5. The van der Waals surface area contributed by atoms with E-state index >= 15 is 0 Å². The van der Waals surface area contributed by atoms with Crippen LogP contribution in [0.5, 0.6) is 0 Å². The van der Waals surface area contributed by atoms with Crippen molar-refractivity contribution in [2.24, 2.45) is 0 Å². The van der Waals surface area contributed by atoms with Crippen molar-refractivity contribution in [3.05, 3.63) is 11.2 Å². The minimum absolute atomic E-state index is 0.218. The first kappa shape index (κ1) is 7.53. The van der Waals surface area contributed by atoms with Crippen molar-refractivity contribution < 1.29 is 4.43 Å². The Kier molecular flexibility index (Phi) is 2.98. The summed E-state index contributed by atoms with van der Waals surface area (Å²) in [5.41, 5.74) is 0. The highest BCUT2D eigenvalue weighted by atomic mass is 35.5. The zero-order valence-corrected chi connectivity index (χ0v) is 8.72. The van der Waals surface area contributed by atoms with Crippen LogP contribution in [0.4, 0.5) is 0 Å². The van der Waals surface area contributed by atoms with Crippen LogP contribution >= 0.6 is 11.6 Å². The van der Waals surface area contributed by atoms with Crippen LogP contribution in [0.1, 0.15) is 6.42 Å². The van der Waals surface area contributed by atoms with Gasteiger partial charge in [0.25, 0.3) is 0 Å². The average Bonchev–Trinajstić information content (AvgIpc) is 1.90. The Morgan fingerprint density at radius 3 is 2.89 bits per heavy atom. The predicted molar refractivity (Wildman–Crippen MR) is 46.1 cm³/mol. The molecular formula is C5H11ClOSi2. The van der Waals surface area contributed by atoms with Crippen LogP contribution in [0.2, 0.25) is 6.04 Å². The van der Waals surface area contributed by atoms with E-state index < -0.39 is 8.31 Å². The lowest BCUT2D eigenvalue weighted by Crippen LogP contribution is -2.30. The first-order chi connectivity index (χ1) is 4.30. The van der Waals surface area contributed by atoms with E-state index in [1.807, 2.05) is 0 Å². The standard InChI is InChI=1S/C5H11ClOSi2/c1-5(6)9-4-2-3-7-8-9/h9H,1-4,8H2. The van der Waals surface area contributed by atoms with Gasteiger partial charge in [0, 0.05) is 6.61 Å². The topological polar surface area (TPSA) is 9.23 Å². The summed E-state index contributed by atoms with van der Waals surface area (Å²) in [5, 5.41) is 0. The van der Waals surface area contributed by atoms with Gasteiger partial charge >= 0.3 is 0 Å². The van der Waals surface area contributed by atoms with Gasteiger partial charge in [-0.05, 0) is 11.1 Å². The average molecular weight is 179 g/mol. The highest BCUT2D eigenvalue weighted by Gasteiger charge is 2.17. The van der Waals surface area contributed by atoms with Gasteiger partial charge in [-0.15, -0.1) is 0 Å². The maximum absolute atomic E-state index is 5.78. The van der Waals surface area contributed by atoms with E-state index in [0.717, 1.165) is 11.3 Å². The Hall–Kier alpha value is 0.424. The van der Waals surface area contributed by atoms with Crippen LogP contribution in [-0.4, -0.2) is 24.2 Å². The van der Waals surface area contributed by atoms with Gasteiger partial charge in [0.15, 0.2) is 9.28 Å². The van der Waals surface area contributed by atoms with Gasteiger partial charge in [0.1, 0.15) is 8.31 Å². The quantitative estimate of drug-likeness (QED) is 0.532. The monoisotopic (exact) mass is 178 g/mol. The molecule has 1 rings (SSSR count). The van der Waals surface area contributed by atoms with Crippen molar-refractivity contribution in [1.29, 1.82) is 0 Å². The van der Waals surface area contributed by atoms with E-state index in [1.54, 1.807) is 0 Å². The fraction of sp³-hybridized carbons (Fsp3) is 0.600. The van der Waals surface area contributed by atoms with Crippen LogP contribution in [0.3, 0.4) is 0 Å². The molecule has 1 atom stereocenters. The molecule has 4 heteroatoms. The van der Waals surface area contributed by atoms with E-state index in [9.17, 15) is 0 Å². The summed E-state index contributed by atoms with van der Waals surface area (Å²) >= 11 is 5.78. The van der Waals surface area contributed by atoms with Crippen LogP contribution in [0.15, 0.2) is 11.2 Å². The summed E-state index contributed by atoms with van der Waals surface area (Å²) in [5.74, 6) is 0. The molecule has 1 fully saturated rings. The molecule has 1 aliphatic rings. The second-order valence-corrected chi connectivity index (χ2v) is 10.6. The van der Waals surface area contributed by atoms with Crippen molar-refractivity contribution >= 4 is 29.2 Å². The number of halogens is 1. The van der Waals surface area contributed by atoms with Gasteiger partial charge in [-0.2, -0.15) is 0 Å². The first-order valence-corrected chi connectivity index (χ1v) is 8.84. The van der Waals surface area contributed by atoms with Gasteiger partial charge in [-0.3, -0.25) is 0 Å². The Morgan fingerprint density at radius 2 is 2.56 bits per heavy atom. The molecule has 1 heterocycles. The molecule has 1 nitrogen and oxygen atoms in total. The molecule has 52 valence electrons. The number of hydrogen-bond donors (Lipinski definition) is 0. The van der Waals surface area contributed by atoms with Gasteiger partial charge in [-0.1, -0.05) is 24.2 Å². The Balaban J connectivity index is 2.31. The maximum atomic E-state index is 5.78. The lowest BCUT2D eigenvalue weighted by molar-refractivity contribution is 0.336. The summed E-state index contributed by atoms with van der Waals surface area (Å²) in [6.07, 6.45) is 1.22. The van der Waals surface area contributed by atoms with Crippen LogP contribution < -0.4 is 0 Å². The van der Waals surface area contributed by atoms with Crippen LogP contribution in [0.25, 0.3) is 0 Å². The molecule has 0 bridgehead atoms. The van der Waals surface area contributed by atoms with E-state index in [2.05, 4.69) is 6.58 Å². The van der Waals surface area contributed by atoms with E-state index in [0.29, 0.717) is 0 Å². The molecule has 1 saturated heterocycles. The fourth-order valence-electron chi connectivity index (χ4n) is 0.988. The van der Waals surface area contributed by atoms with Gasteiger partial charge in [-0.25, -0.2) is 0 Å². The molecule has 1 unspecified atom stereocenters. The normalized spacial score (nSPS) is 30.6.